The summed E-state index contributed by atoms with van der Waals surface area (Å²) >= 11 is 0. The van der Waals surface area contributed by atoms with Gasteiger partial charge in [0.25, 0.3) is 5.91 Å². The van der Waals surface area contributed by atoms with Crippen molar-refractivity contribution in [1.82, 2.24) is 24.7 Å². The highest BCUT2D eigenvalue weighted by Crippen LogP contribution is 2.25. The van der Waals surface area contributed by atoms with Gasteiger partial charge in [0.1, 0.15) is 11.2 Å². The summed E-state index contributed by atoms with van der Waals surface area (Å²) in [6, 6.07) is 9.61. The van der Waals surface area contributed by atoms with E-state index in [0.717, 1.165) is 15.2 Å². The second kappa shape index (κ2) is 6.18. The molecule has 2 aromatic heterocycles. The standard InChI is InChI=1S/C17H16N6O3S/c1-23(2)27(25,26)11-5-3-10(4-6-11)19-17(24)16-12-7-8-14-13(9-18-20-14)15(12)21-22-16/h3-9H,1-2H3,(H,18,20)(H,19,24)(H,21,22). The zero-order valence-electron chi connectivity index (χ0n) is 14.5. The predicted molar refractivity (Wildman–Crippen MR) is 101 cm³/mol. The van der Waals surface area contributed by atoms with Crippen LogP contribution in [-0.2, 0) is 10.0 Å². The van der Waals surface area contributed by atoms with Gasteiger partial charge in [0.05, 0.1) is 16.6 Å². The highest BCUT2D eigenvalue weighted by molar-refractivity contribution is 7.89. The quantitative estimate of drug-likeness (QED) is 0.496. The smallest absolute Gasteiger partial charge is 0.274 e. The van der Waals surface area contributed by atoms with Gasteiger partial charge in [0, 0.05) is 30.6 Å². The van der Waals surface area contributed by atoms with Gasteiger partial charge in [0.15, 0.2) is 0 Å². The Kier molecular flexibility index (Phi) is 3.93. The number of H-pyrrole nitrogens is 2. The average molecular weight is 384 g/mol. The molecular weight excluding hydrogens is 368 g/mol. The number of amides is 1. The van der Waals surface area contributed by atoms with Crippen molar-refractivity contribution in [2.45, 2.75) is 4.90 Å². The van der Waals surface area contributed by atoms with E-state index in [1.54, 1.807) is 24.4 Å². The molecule has 4 rings (SSSR count). The van der Waals surface area contributed by atoms with Gasteiger partial charge >= 0.3 is 0 Å². The van der Waals surface area contributed by atoms with E-state index in [4.69, 9.17) is 0 Å². The van der Waals surface area contributed by atoms with E-state index < -0.39 is 10.0 Å². The molecule has 3 N–H and O–H groups in total. The van der Waals surface area contributed by atoms with E-state index in [2.05, 4.69) is 25.7 Å². The maximum absolute atomic E-state index is 12.6. The SMILES string of the molecule is CN(C)S(=O)(=O)c1ccc(NC(=O)c2[nH]nc3c2ccc2[nH]ncc23)cc1. The number of nitrogens with zero attached hydrogens (tertiary/aromatic N) is 3. The summed E-state index contributed by atoms with van der Waals surface area (Å²) < 4.78 is 25.3. The van der Waals surface area contributed by atoms with Crippen LogP contribution in [0, 0.1) is 0 Å². The fourth-order valence-electron chi connectivity index (χ4n) is 2.78. The molecule has 0 atom stereocenters. The van der Waals surface area contributed by atoms with Crippen LogP contribution in [0.15, 0.2) is 47.5 Å². The van der Waals surface area contributed by atoms with Crippen LogP contribution in [0.2, 0.25) is 0 Å². The molecule has 138 valence electrons. The molecule has 0 aliphatic rings. The second-order valence-corrected chi connectivity index (χ2v) is 8.31. The highest BCUT2D eigenvalue weighted by atomic mass is 32.2. The van der Waals surface area contributed by atoms with Crippen molar-refractivity contribution < 1.29 is 13.2 Å². The summed E-state index contributed by atoms with van der Waals surface area (Å²) in [5.74, 6) is -0.372. The highest BCUT2D eigenvalue weighted by Gasteiger charge is 2.18. The first-order valence-electron chi connectivity index (χ1n) is 8.02. The molecule has 0 spiro atoms. The topological polar surface area (TPSA) is 124 Å². The normalized spacial score (nSPS) is 12.1. The van der Waals surface area contributed by atoms with Gasteiger partial charge in [-0.25, -0.2) is 12.7 Å². The molecule has 0 bridgehead atoms. The third-order valence-corrected chi connectivity index (χ3v) is 6.09. The number of carbonyl (C=O) groups is 1. The third-order valence-electron chi connectivity index (χ3n) is 4.26. The third kappa shape index (κ3) is 2.84. The van der Waals surface area contributed by atoms with E-state index in [9.17, 15) is 13.2 Å². The summed E-state index contributed by atoms with van der Waals surface area (Å²) in [7, 11) is -0.587. The van der Waals surface area contributed by atoms with Crippen molar-refractivity contribution in [3.63, 3.8) is 0 Å². The first kappa shape index (κ1) is 17.2. The second-order valence-electron chi connectivity index (χ2n) is 6.16. The van der Waals surface area contributed by atoms with E-state index in [1.165, 1.54) is 26.2 Å². The number of hydrogen-bond donors (Lipinski definition) is 3. The van der Waals surface area contributed by atoms with Crippen molar-refractivity contribution in [2.24, 2.45) is 0 Å². The Morgan fingerprint density at radius 3 is 2.48 bits per heavy atom. The minimum atomic E-state index is -3.51. The fourth-order valence-corrected chi connectivity index (χ4v) is 3.69. The number of hydrogen-bond acceptors (Lipinski definition) is 5. The summed E-state index contributed by atoms with van der Waals surface area (Å²) in [5, 5.41) is 18.1. The van der Waals surface area contributed by atoms with Gasteiger partial charge in [-0.3, -0.25) is 15.0 Å². The number of aromatic amines is 2. The van der Waals surface area contributed by atoms with Crippen LogP contribution in [0.4, 0.5) is 5.69 Å². The van der Waals surface area contributed by atoms with E-state index in [-0.39, 0.29) is 10.8 Å². The summed E-state index contributed by atoms with van der Waals surface area (Å²) in [6.07, 6.45) is 1.66. The van der Waals surface area contributed by atoms with Crippen molar-refractivity contribution in [1.29, 1.82) is 0 Å². The number of fused-ring (bicyclic) bond motifs is 3. The van der Waals surface area contributed by atoms with E-state index >= 15 is 0 Å². The van der Waals surface area contributed by atoms with Gasteiger partial charge < -0.3 is 5.32 Å². The molecule has 2 aromatic carbocycles. The van der Waals surface area contributed by atoms with Crippen LogP contribution in [0.25, 0.3) is 21.8 Å². The van der Waals surface area contributed by atoms with Crippen LogP contribution < -0.4 is 5.32 Å². The first-order valence-corrected chi connectivity index (χ1v) is 9.46. The van der Waals surface area contributed by atoms with Crippen molar-refractivity contribution in [3.05, 3.63) is 48.3 Å². The lowest BCUT2D eigenvalue weighted by atomic mass is 10.1. The molecule has 0 aliphatic heterocycles. The van der Waals surface area contributed by atoms with Crippen LogP contribution in [-0.4, -0.2) is 53.1 Å². The van der Waals surface area contributed by atoms with Gasteiger partial charge in [0.2, 0.25) is 10.0 Å². The Morgan fingerprint density at radius 2 is 1.78 bits per heavy atom. The minimum absolute atomic E-state index is 0.153. The Bertz CT molecular complexity index is 1260. The molecule has 0 fully saturated rings. The zero-order valence-corrected chi connectivity index (χ0v) is 15.3. The van der Waals surface area contributed by atoms with Crippen molar-refractivity contribution in [2.75, 3.05) is 19.4 Å². The fraction of sp³-hybridized carbons (Fsp3) is 0.118. The molecule has 0 aliphatic carbocycles. The Labute approximate surface area is 154 Å². The predicted octanol–water partition coefficient (Wildman–Crippen LogP) is 1.94. The molecule has 0 radical (unpaired) electrons. The van der Waals surface area contributed by atoms with Gasteiger partial charge in [-0.15, -0.1) is 0 Å². The summed E-state index contributed by atoms with van der Waals surface area (Å²) in [4.78, 5) is 12.8. The van der Waals surface area contributed by atoms with Crippen LogP contribution in [0.5, 0.6) is 0 Å². The number of anilines is 1. The maximum atomic E-state index is 12.6. The monoisotopic (exact) mass is 384 g/mol. The molecule has 27 heavy (non-hydrogen) atoms. The lowest BCUT2D eigenvalue weighted by Crippen LogP contribution is -2.22. The Hall–Kier alpha value is -3.24. The average Bonchev–Trinajstić information content (AvgIpc) is 3.28. The number of aromatic nitrogens is 4. The van der Waals surface area contributed by atoms with Crippen LogP contribution >= 0.6 is 0 Å². The molecule has 2 heterocycles. The molecule has 1 amide bonds. The van der Waals surface area contributed by atoms with Gasteiger partial charge in [-0.1, -0.05) is 0 Å². The molecule has 0 saturated carbocycles. The minimum Gasteiger partial charge on any atom is -0.321 e. The number of sulfonamides is 1. The Balaban J connectivity index is 1.62. The maximum Gasteiger partial charge on any atom is 0.274 e. The van der Waals surface area contributed by atoms with Gasteiger partial charge in [-0.05, 0) is 36.4 Å². The van der Waals surface area contributed by atoms with Crippen molar-refractivity contribution >= 4 is 43.4 Å². The zero-order chi connectivity index (χ0) is 19.2. The first-order chi connectivity index (χ1) is 12.9. The molecule has 9 nitrogen and oxygen atoms in total. The Morgan fingerprint density at radius 1 is 1.04 bits per heavy atom. The van der Waals surface area contributed by atoms with Gasteiger partial charge in [-0.2, -0.15) is 10.2 Å². The summed E-state index contributed by atoms with van der Waals surface area (Å²) in [6.45, 7) is 0. The molecular formula is C17H16N6O3S. The van der Waals surface area contributed by atoms with Crippen LogP contribution in [0.3, 0.4) is 0 Å². The van der Waals surface area contributed by atoms with Crippen LogP contribution in [0.1, 0.15) is 10.5 Å². The number of rotatable bonds is 4. The molecule has 0 unspecified atom stereocenters. The molecule has 10 heteroatoms. The molecule has 0 saturated heterocycles. The lowest BCUT2D eigenvalue weighted by Gasteiger charge is -2.11. The summed E-state index contributed by atoms with van der Waals surface area (Å²) in [5.41, 5.74) is 2.28. The number of benzene rings is 2. The molecule has 4 aromatic rings. The van der Waals surface area contributed by atoms with E-state index in [1.807, 2.05) is 6.07 Å². The number of nitrogens with one attached hydrogen (secondary N) is 3. The largest absolute Gasteiger partial charge is 0.321 e. The van der Waals surface area contributed by atoms with Crippen molar-refractivity contribution in [3.8, 4) is 0 Å². The van der Waals surface area contributed by atoms with E-state index in [0.29, 0.717) is 22.3 Å². The number of carbonyl (C=O) groups excluding carboxylic acids is 1. The lowest BCUT2D eigenvalue weighted by molar-refractivity contribution is 0.102.